The largest absolute Gasteiger partial charge is 0.497 e. The van der Waals surface area contributed by atoms with Crippen molar-refractivity contribution in [3.63, 3.8) is 0 Å². The molecule has 168 valence electrons. The zero-order valence-electron chi connectivity index (χ0n) is 18.5. The Morgan fingerprint density at radius 2 is 1.25 bits per heavy atom. The predicted molar refractivity (Wildman–Crippen MR) is 134 cm³/mol. The number of methoxy groups -OCH3 is 2. The molecule has 0 radical (unpaired) electrons. The third-order valence-corrected chi connectivity index (χ3v) is 5.81. The van der Waals surface area contributed by atoms with Crippen molar-refractivity contribution in [2.75, 3.05) is 37.9 Å². The van der Waals surface area contributed by atoms with Gasteiger partial charge in [0.15, 0.2) is 0 Å². The number of nitrogens with zero attached hydrogens (tertiary/aromatic N) is 4. The molecule has 0 spiro atoms. The first-order chi connectivity index (χ1) is 15.5. The molecule has 0 amide bonds. The molecule has 0 fully saturated rings. The first-order valence-corrected chi connectivity index (χ1v) is 11.3. The Morgan fingerprint density at radius 3 is 1.62 bits per heavy atom. The molecule has 0 saturated heterocycles. The number of ether oxygens (including phenoxy) is 2. The molecule has 2 aromatic carbocycles. The molecule has 1 heterocycles. The van der Waals surface area contributed by atoms with Crippen LogP contribution in [0.15, 0.2) is 53.7 Å². The van der Waals surface area contributed by atoms with Crippen molar-refractivity contribution in [3.05, 3.63) is 48.5 Å². The van der Waals surface area contributed by atoms with Gasteiger partial charge in [-0.25, -0.2) is 0 Å². The third-order valence-electron chi connectivity index (χ3n) is 4.51. The molecule has 0 saturated carbocycles. The fourth-order valence-corrected chi connectivity index (χ4v) is 4.03. The maximum atomic E-state index is 5.58. The van der Waals surface area contributed by atoms with Crippen molar-refractivity contribution in [2.45, 2.75) is 19.0 Å². The Hall–Kier alpha value is -3.11. The first-order valence-electron chi connectivity index (χ1n) is 10.1. The lowest BCUT2D eigenvalue weighted by molar-refractivity contribution is 0.415. The highest BCUT2D eigenvalue weighted by Crippen LogP contribution is 2.25. The number of rotatable bonds is 9. The van der Waals surface area contributed by atoms with Gasteiger partial charge in [-0.2, -0.15) is 15.0 Å². The van der Waals surface area contributed by atoms with Gasteiger partial charge in [-0.15, -0.1) is 0 Å². The first kappa shape index (κ1) is 23.6. The van der Waals surface area contributed by atoms with Crippen LogP contribution in [0.1, 0.15) is 13.8 Å². The van der Waals surface area contributed by atoms with Crippen LogP contribution in [0.25, 0.3) is 0 Å². The van der Waals surface area contributed by atoms with E-state index >= 15 is 0 Å². The molecule has 2 N–H and O–H groups in total. The van der Waals surface area contributed by atoms with E-state index in [0.717, 1.165) is 36.0 Å². The average Bonchev–Trinajstić information content (AvgIpc) is 2.81. The number of hydrogen-bond donors (Lipinski definition) is 2. The molecule has 0 atom stereocenters. The van der Waals surface area contributed by atoms with Crippen LogP contribution in [0.5, 0.6) is 11.5 Å². The van der Waals surface area contributed by atoms with E-state index in [1.807, 2.05) is 48.5 Å². The minimum absolute atomic E-state index is 0.408. The number of hydrogen-bond acceptors (Lipinski definition) is 9. The summed E-state index contributed by atoms with van der Waals surface area (Å²) in [6, 6.07) is 15.0. The van der Waals surface area contributed by atoms with E-state index in [1.165, 1.54) is 11.8 Å². The normalized spacial score (nSPS) is 10.4. The molecular weight excluding hydrogens is 444 g/mol. The lowest BCUT2D eigenvalue weighted by atomic mass is 10.3. The lowest BCUT2D eigenvalue weighted by Crippen LogP contribution is -2.26. The Bertz CT molecular complexity index is 960. The summed E-state index contributed by atoms with van der Waals surface area (Å²) in [5.74, 6) is 2.36. The van der Waals surface area contributed by atoms with Gasteiger partial charge >= 0.3 is 0 Å². The Morgan fingerprint density at radius 1 is 0.812 bits per heavy atom. The summed E-state index contributed by atoms with van der Waals surface area (Å²) in [7, 11) is 3.27. The van der Waals surface area contributed by atoms with Crippen molar-refractivity contribution in [2.24, 2.45) is 0 Å². The van der Waals surface area contributed by atoms with Gasteiger partial charge in [-0.1, -0.05) is 12.2 Å². The molecule has 0 unspecified atom stereocenters. The standard InChI is InChI=1S/C22H26N6O2S2/c1-5-28(6-2)22(31)32-21-26-19(23-15-7-11-17(29-3)12-8-15)25-20(27-21)24-16-9-13-18(30-4)14-10-16/h7-14H,5-6H2,1-4H3,(H2,23,24,25,26,27). The summed E-state index contributed by atoms with van der Waals surface area (Å²) in [6.45, 7) is 5.77. The average molecular weight is 471 g/mol. The summed E-state index contributed by atoms with van der Waals surface area (Å²) >= 11 is 6.91. The Labute approximate surface area is 197 Å². The second-order valence-corrected chi connectivity index (χ2v) is 8.11. The van der Waals surface area contributed by atoms with E-state index in [4.69, 9.17) is 21.7 Å². The number of anilines is 4. The molecule has 10 heteroatoms. The SMILES string of the molecule is CCN(CC)C(=S)Sc1nc(Nc2ccc(OC)cc2)nc(Nc2ccc(OC)cc2)n1. The molecule has 0 aliphatic heterocycles. The van der Waals surface area contributed by atoms with Crippen LogP contribution < -0.4 is 20.1 Å². The molecule has 32 heavy (non-hydrogen) atoms. The van der Waals surface area contributed by atoms with Crippen LogP contribution in [0, 0.1) is 0 Å². The van der Waals surface area contributed by atoms with Gasteiger partial charge < -0.3 is 25.0 Å². The molecule has 3 aromatic rings. The predicted octanol–water partition coefficient (Wildman–Crippen LogP) is 5.09. The summed E-state index contributed by atoms with van der Waals surface area (Å²) in [5, 5.41) is 6.95. The molecule has 0 bridgehead atoms. The van der Waals surface area contributed by atoms with Crippen molar-refractivity contribution in [3.8, 4) is 11.5 Å². The van der Waals surface area contributed by atoms with Crippen LogP contribution in [0.3, 0.4) is 0 Å². The van der Waals surface area contributed by atoms with E-state index in [2.05, 4.69) is 44.3 Å². The highest BCUT2D eigenvalue weighted by atomic mass is 32.2. The fraction of sp³-hybridized carbons (Fsp3) is 0.273. The number of aromatic nitrogens is 3. The lowest BCUT2D eigenvalue weighted by Gasteiger charge is -2.20. The van der Waals surface area contributed by atoms with Crippen LogP contribution in [0.4, 0.5) is 23.3 Å². The quantitative estimate of drug-likeness (QED) is 0.326. The highest BCUT2D eigenvalue weighted by molar-refractivity contribution is 8.22. The fourth-order valence-electron chi connectivity index (χ4n) is 2.75. The summed E-state index contributed by atoms with van der Waals surface area (Å²) in [5.41, 5.74) is 1.66. The van der Waals surface area contributed by atoms with Crippen LogP contribution in [-0.4, -0.2) is 51.5 Å². The van der Waals surface area contributed by atoms with Gasteiger partial charge in [0.2, 0.25) is 17.1 Å². The topological polar surface area (TPSA) is 84.4 Å². The number of benzene rings is 2. The van der Waals surface area contributed by atoms with Crippen LogP contribution in [-0.2, 0) is 0 Å². The maximum absolute atomic E-state index is 5.58. The van der Waals surface area contributed by atoms with Gasteiger partial charge in [-0.3, -0.25) is 0 Å². The Balaban J connectivity index is 1.87. The zero-order chi connectivity index (χ0) is 22.9. The van der Waals surface area contributed by atoms with E-state index in [1.54, 1.807) is 14.2 Å². The monoisotopic (exact) mass is 470 g/mol. The summed E-state index contributed by atoms with van der Waals surface area (Å²) in [4.78, 5) is 15.7. The van der Waals surface area contributed by atoms with Crippen molar-refractivity contribution in [1.29, 1.82) is 0 Å². The minimum Gasteiger partial charge on any atom is -0.497 e. The van der Waals surface area contributed by atoms with Crippen LogP contribution >= 0.6 is 24.0 Å². The van der Waals surface area contributed by atoms with Crippen molar-refractivity contribution in [1.82, 2.24) is 19.9 Å². The van der Waals surface area contributed by atoms with E-state index in [9.17, 15) is 0 Å². The van der Waals surface area contributed by atoms with E-state index < -0.39 is 0 Å². The highest BCUT2D eigenvalue weighted by Gasteiger charge is 2.13. The van der Waals surface area contributed by atoms with Gasteiger partial charge in [0.05, 0.1) is 14.2 Å². The van der Waals surface area contributed by atoms with E-state index in [0.29, 0.717) is 21.4 Å². The number of nitrogens with one attached hydrogen (secondary N) is 2. The number of thioether (sulfide) groups is 1. The molecule has 1 aromatic heterocycles. The van der Waals surface area contributed by atoms with E-state index in [-0.39, 0.29) is 0 Å². The van der Waals surface area contributed by atoms with Crippen molar-refractivity contribution >= 4 is 51.6 Å². The molecule has 3 rings (SSSR count). The zero-order valence-corrected chi connectivity index (χ0v) is 20.1. The summed E-state index contributed by atoms with van der Waals surface area (Å²) in [6.07, 6.45) is 0. The Kier molecular flexibility index (Phi) is 8.46. The van der Waals surface area contributed by atoms with Gasteiger partial charge in [0, 0.05) is 24.5 Å². The van der Waals surface area contributed by atoms with Crippen LogP contribution in [0.2, 0.25) is 0 Å². The van der Waals surface area contributed by atoms with Crippen molar-refractivity contribution < 1.29 is 9.47 Å². The van der Waals surface area contributed by atoms with Gasteiger partial charge in [0.25, 0.3) is 0 Å². The molecule has 0 aliphatic carbocycles. The summed E-state index contributed by atoms with van der Waals surface area (Å²) < 4.78 is 11.1. The second kappa shape index (κ2) is 11.5. The third kappa shape index (κ3) is 6.44. The van der Waals surface area contributed by atoms with Gasteiger partial charge in [-0.05, 0) is 74.1 Å². The molecule has 0 aliphatic rings. The minimum atomic E-state index is 0.408. The smallest absolute Gasteiger partial charge is 0.233 e. The molecular formula is C22H26N6O2S2. The maximum Gasteiger partial charge on any atom is 0.233 e. The number of thiocarbonyl (C=S) groups is 1. The molecule has 8 nitrogen and oxygen atoms in total. The second-order valence-electron chi connectivity index (χ2n) is 6.51. The van der Waals surface area contributed by atoms with Gasteiger partial charge in [0.1, 0.15) is 15.8 Å².